The van der Waals surface area contributed by atoms with Crippen LogP contribution in [0.4, 0.5) is 5.95 Å². The van der Waals surface area contributed by atoms with E-state index in [1.165, 1.54) is 15.3 Å². The normalized spacial score (nSPS) is 15.5. The van der Waals surface area contributed by atoms with Crippen LogP contribution in [-0.2, 0) is 6.54 Å². The van der Waals surface area contributed by atoms with Gasteiger partial charge in [0.25, 0.3) is 0 Å². The molecular formula is C19H19BrN4S. The Morgan fingerprint density at radius 3 is 2.52 bits per heavy atom. The van der Waals surface area contributed by atoms with Crippen molar-refractivity contribution in [3.05, 3.63) is 64.2 Å². The smallest absolute Gasteiger partial charge is 0.225 e. The van der Waals surface area contributed by atoms with Crippen LogP contribution in [0.15, 0.2) is 59.3 Å². The summed E-state index contributed by atoms with van der Waals surface area (Å²) < 4.78 is 1.12. The van der Waals surface area contributed by atoms with Gasteiger partial charge >= 0.3 is 0 Å². The van der Waals surface area contributed by atoms with Gasteiger partial charge in [0.15, 0.2) is 0 Å². The van der Waals surface area contributed by atoms with Gasteiger partial charge in [-0.05, 0) is 35.9 Å². The van der Waals surface area contributed by atoms with Gasteiger partial charge in [-0.25, -0.2) is 9.97 Å². The molecule has 4 rings (SSSR count). The van der Waals surface area contributed by atoms with Crippen LogP contribution in [0.25, 0.3) is 10.4 Å². The van der Waals surface area contributed by atoms with Gasteiger partial charge < -0.3 is 4.90 Å². The van der Waals surface area contributed by atoms with Crippen molar-refractivity contribution in [2.75, 3.05) is 31.1 Å². The zero-order valence-electron chi connectivity index (χ0n) is 13.8. The van der Waals surface area contributed by atoms with Crippen LogP contribution in [0.1, 0.15) is 4.88 Å². The van der Waals surface area contributed by atoms with Gasteiger partial charge in [0.1, 0.15) is 0 Å². The fraction of sp³-hybridized carbons (Fsp3) is 0.263. The SMILES string of the molecule is Brc1cccc(-c2ccc(CN3CCN(c4ncccn4)CC3)s2)c1. The van der Waals surface area contributed by atoms with E-state index in [0.29, 0.717) is 0 Å². The van der Waals surface area contributed by atoms with Crippen LogP contribution in [0.5, 0.6) is 0 Å². The Bertz CT molecular complexity index is 828. The lowest BCUT2D eigenvalue weighted by atomic mass is 10.2. The molecule has 1 fully saturated rings. The lowest BCUT2D eigenvalue weighted by Gasteiger charge is -2.34. The molecule has 4 nitrogen and oxygen atoms in total. The highest BCUT2D eigenvalue weighted by Gasteiger charge is 2.19. The average Bonchev–Trinajstić information content (AvgIpc) is 3.12. The van der Waals surface area contributed by atoms with E-state index in [1.54, 1.807) is 0 Å². The van der Waals surface area contributed by atoms with E-state index in [9.17, 15) is 0 Å². The number of halogens is 1. The minimum absolute atomic E-state index is 0.843. The molecule has 1 aromatic carbocycles. The number of aromatic nitrogens is 2. The van der Waals surface area contributed by atoms with Gasteiger partial charge in [0, 0.05) is 59.3 Å². The zero-order chi connectivity index (χ0) is 17.1. The molecule has 1 aliphatic heterocycles. The maximum atomic E-state index is 4.35. The molecule has 0 saturated carbocycles. The van der Waals surface area contributed by atoms with Crippen molar-refractivity contribution in [2.45, 2.75) is 6.54 Å². The minimum atomic E-state index is 0.843. The van der Waals surface area contributed by atoms with E-state index in [0.717, 1.165) is 43.1 Å². The van der Waals surface area contributed by atoms with Gasteiger partial charge in [-0.1, -0.05) is 28.1 Å². The fourth-order valence-corrected chi connectivity index (χ4v) is 4.49. The van der Waals surface area contributed by atoms with Gasteiger partial charge in [0.05, 0.1) is 0 Å². The van der Waals surface area contributed by atoms with Crippen LogP contribution < -0.4 is 4.90 Å². The van der Waals surface area contributed by atoms with E-state index < -0.39 is 0 Å². The van der Waals surface area contributed by atoms with Crippen LogP contribution in [0.3, 0.4) is 0 Å². The number of benzene rings is 1. The van der Waals surface area contributed by atoms with Crippen molar-refractivity contribution in [3.8, 4) is 10.4 Å². The van der Waals surface area contributed by atoms with E-state index in [1.807, 2.05) is 29.8 Å². The standard InChI is InChI=1S/C19H19BrN4S/c20-16-4-1-3-15(13-16)18-6-5-17(25-18)14-23-9-11-24(12-10-23)19-21-7-2-8-22-19/h1-8,13H,9-12,14H2. The first-order valence-corrected chi connectivity index (χ1v) is 9.98. The Kier molecular flexibility index (Phi) is 5.10. The Hall–Kier alpha value is -1.76. The molecule has 3 heterocycles. The van der Waals surface area contributed by atoms with Gasteiger partial charge in [0.2, 0.25) is 5.95 Å². The highest BCUT2D eigenvalue weighted by Crippen LogP contribution is 2.30. The topological polar surface area (TPSA) is 32.3 Å². The van der Waals surface area contributed by atoms with Crippen LogP contribution in [0, 0.1) is 0 Å². The molecule has 128 valence electrons. The molecule has 0 atom stereocenters. The third-order valence-corrected chi connectivity index (χ3v) is 5.97. The molecule has 1 saturated heterocycles. The van der Waals surface area contributed by atoms with Crippen molar-refractivity contribution in [1.82, 2.24) is 14.9 Å². The molecule has 3 aromatic rings. The second kappa shape index (κ2) is 7.64. The number of anilines is 1. The third kappa shape index (κ3) is 4.08. The minimum Gasteiger partial charge on any atom is -0.338 e. The molecule has 1 aliphatic rings. The van der Waals surface area contributed by atoms with Crippen molar-refractivity contribution in [2.24, 2.45) is 0 Å². The second-order valence-electron chi connectivity index (χ2n) is 6.09. The highest BCUT2D eigenvalue weighted by molar-refractivity contribution is 9.10. The monoisotopic (exact) mass is 414 g/mol. The maximum absolute atomic E-state index is 4.35. The molecule has 0 amide bonds. The summed E-state index contributed by atoms with van der Waals surface area (Å²) in [7, 11) is 0. The fourth-order valence-electron chi connectivity index (χ4n) is 3.04. The average molecular weight is 415 g/mol. The summed E-state index contributed by atoms with van der Waals surface area (Å²) in [6.07, 6.45) is 3.62. The van der Waals surface area contributed by atoms with Gasteiger partial charge in [-0.15, -0.1) is 11.3 Å². The van der Waals surface area contributed by atoms with Crippen molar-refractivity contribution in [3.63, 3.8) is 0 Å². The predicted molar refractivity (Wildman–Crippen MR) is 107 cm³/mol. The molecule has 0 bridgehead atoms. The number of rotatable bonds is 4. The van der Waals surface area contributed by atoms with E-state index in [4.69, 9.17) is 0 Å². The molecule has 0 spiro atoms. The Labute approximate surface area is 160 Å². The first-order valence-electron chi connectivity index (χ1n) is 8.37. The second-order valence-corrected chi connectivity index (χ2v) is 8.17. The van der Waals surface area contributed by atoms with Gasteiger partial charge in [-0.2, -0.15) is 0 Å². The Morgan fingerprint density at radius 2 is 1.76 bits per heavy atom. The number of hydrogen-bond acceptors (Lipinski definition) is 5. The summed E-state index contributed by atoms with van der Waals surface area (Å²) in [6.45, 7) is 5.06. The number of hydrogen-bond donors (Lipinski definition) is 0. The number of nitrogens with zero attached hydrogens (tertiary/aromatic N) is 4. The summed E-state index contributed by atoms with van der Waals surface area (Å²) in [5, 5.41) is 0. The first kappa shape index (κ1) is 16.7. The molecule has 0 N–H and O–H groups in total. The van der Waals surface area contributed by atoms with E-state index in [2.05, 4.69) is 72.1 Å². The number of thiophene rings is 1. The molecule has 25 heavy (non-hydrogen) atoms. The van der Waals surface area contributed by atoms with Crippen molar-refractivity contribution >= 4 is 33.2 Å². The van der Waals surface area contributed by atoms with Gasteiger partial charge in [-0.3, -0.25) is 4.90 Å². The van der Waals surface area contributed by atoms with Crippen LogP contribution in [-0.4, -0.2) is 41.0 Å². The molecular weight excluding hydrogens is 396 g/mol. The zero-order valence-corrected chi connectivity index (χ0v) is 16.2. The Morgan fingerprint density at radius 1 is 0.960 bits per heavy atom. The van der Waals surface area contributed by atoms with Crippen LogP contribution in [0.2, 0.25) is 0 Å². The summed E-state index contributed by atoms with van der Waals surface area (Å²) in [5.74, 6) is 0.843. The largest absolute Gasteiger partial charge is 0.338 e. The summed E-state index contributed by atoms with van der Waals surface area (Å²) in [5.41, 5.74) is 1.27. The predicted octanol–water partition coefficient (Wildman–Crippen LogP) is 4.29. The molecule has 6 heteroatoms. The molecule has 0 radical (unpaired) electrons. The third-order valence-electron chi connectivity index (χ3n) is 4.36. The maximum Gasteiger partial charge on any atom is 0.225 e. The van der Waals surface area contributed by atoms with Crippen molar-refractivity contribution < 1.29 is 0 Å². The quantitative estimate of drug-likeness (QED) is 0.637. The molecule has 0 aliphatic carbocycles. The summed E-state index contributed by atoms with van der Waals surface area (Å²) in [4.78, 5) is 16.2. The lowest BCUT2D eigenvalue weighted by Crippen LogP contribution is -2.46. The summed E-state index contributed by atoms with van der Waals surface area (Å²) >= 11 is 5.44. The van der Waals surface area contributed by atoms with E-state index in [-0.39, 0.29) is 0 Å². The Balaban J connectivity index is 1.36. The highest BCUT2D eigenvalue weighted by atomic mass is 79.9. The molecule has 0 unspecified atom stereocenters. The van der Waals surface area contributed by atoms with Crippen molar-refractivity contribution in [1.29, 1.82) is 0 Å². The summed E-state index contributed by atoms with van der Waals surface area (Å²) in [6, 6.07) is 14.8. The lowest BCUT2D eigenvalue weighted by molar-refractivity contribution is 0.251. The van der Waals surface area contributed by atoms with Crippen LogP contribution >= 0.6 is 27.3 Å². The molecule has 2 aromatic heterocycles. The number of piperazine rings is 1. The first-order chi connectivity index (χ1) is 12.3. The van der Waals surface area contributed by atoms with E-state index >= 15 is 0 Å².